The Morgan fingerprint density at radius 3 is 2.50 bits per heavy atom. The number of fused-ring (bicyclic) bond motifs is 1. The van der Waals surface area contributed by atoms with Gasteiger partial charge in [-0.2, -0.15) is 0 Å². The van der Waals surface area contributed by atoms with Crippen LogP contribution in [0.1, 0.15) is 29.5 Å². The summed E-state index contributed by atoms with van der Waals surface area (Å²) in [4.78, 5) is 19.9. The van der Waals surface area contributed by atoms with Gasteiger partial charge in [-0.25, -0.2) is 4.98 Å². The molecule has 1 aromatic heterocycles. The zero-order valence-electron chi connectivity index (χ0n) is 16.6. The Morgan fingerprint density at radius 2 is 1.73 bits per heavy atom. The molecule has 0 fully saturated rings. The fourth-order valence-electron chi connectivity index (χ4n) is 3.57. The number of carbonyl (C=O) groups is 1. The van der Waals surface area contributed by atoms with Gasteiger partial charge in [0.25, 0.3) is 5.91 Å². The van der Waals surface area contributed by atoms with Crippen LogP contribution in [0.15, 0.2) is 72.8 Å². The van der Waals surface area contributed by atoms with Crippen molar-refractivity contribution in [1.29, 1.82) is 0 Å². The van der Waals surface area contributed by atoms with E-state index in [0.29, 0.717) is 28.7 Å². The summed E-state index contributed by atoms with van der Waals surface area (Å²) in [6.07, 6.45) is 0.815. The summed E-state index contributed by atoms with van der Waals surface area (Å²) in [6, 6.07) is 23.0. The zero-order chi connectivity index (χ0) is 21.1. The minimum absolute atomic E-state index is 0.156. The molecular formula is C24H21Cl2N3O. The molecule has 6 heteroatoms. The van der Waals surface area contributed by atoms with Crippen LogP contribution in [0.25, 0.3) is 16.7 Å². The standard InChI is InChI=1S/C24H21Cl2N3O/c1-2-14-28(24(30)19-15-17(25)12-13-20(19)26)16-23-27-21-10-6-7-11-22(21)29(23)18-8-4-3-5-9-18/h3-13,15H,2,14,16H2,1H3. The van der Waals surface area contributed by atoms with Gasteiger partial charge in [0.2, 0.25) is 0 Å². The van der Waals surface area contributed by atoms with E-state index >= 15 is 0 Å². The Hall–Kier alpha value is -2.82. The molecule has 0 aliphatic rings. The summed E-state index contributed by atoms with van der Waals surface area (Å²) in [5, 5.41) is 0.873. The minimum atomic E-state index is -0.156. The smallest absolute Gasteiger partial charge is 0.255 e. The van der Waals surface area contributed by atoms with E-state index in [1.165, 1.54) is 0 Å². The Labute approximate surface area is 185 Å². The molecular weight excluding hydrogens is 417 g/mol. The predicted octanol–water partition coefficient (Wildman–Crippen LogP) is 6.38. The van der Waals surface area contributed by atoms with E-state index in [0.717, 1.165) is 29.0 Å². The molecule has 0 bridgehead atoms. The second-order valence-electron chi connectivity index (χ2n) is 7.04. The molecule has 4 aromatic rings. The molecule has 152 valence electrons. The molecule has 0 aliphatic carbocycles. The SMILES string of the molecule is CCCN(Cc1nc2ccccc2n1-c1ccccc1)C(=O)c1cc(Cl)ccc1Cl. The summed E-state index contributed by atoms with van der Waals surface area (Å²) in [5.41, 5.74) is 3.30. The van der Waals surface area contributed by atoms with Crippen LogP contribution in [0.5, 0.6) is 0 Å². The number of halogens is 2. The maximum Gasteiger partial charge on any atom is 0.255 e. The summed E-state index contributed by atoms with van der Waals surface area (Å²) in [6.45, 7) is 2.98. The molecule has 0 unspecified atom stereocenters. The maximum absolute atomic E-state index is 13.3. The van der Waals surface area contributed by atoms with Crippen molar-refractivity contribution in [2.45, 2.75) is 19.9 Å². The lowest BCUT2D eigenvalue weighted by molar-refractivity contribution is 0.0738. The molecule has 0 spiro atoms. The van der Waals surface area contributed by atoms with Crippen LogP contribution in [0, 0.1) is 0 Å². The number of amides is 1. The second-order valence-corrected chi connectivity index (χ2v) is 7.88. The molecule has 0 saturated heterocycles. The average molecular weight is 438 g/mol. The average Bonchev–Trinajstić information content (AvgIpc) is 3.13. The highest BCUT2D eigenvalue weighted by molar-refractivity contribution is 6.35. The molecule has 30 heavy (non-hydrogen) atoms. The van der Waals surface area contributed by atoms with Crippen LogP contribution in [0.4, 0.5) is 0 Å². The van der Waals surface area contributed by atoms with E-state index in [4.69, 9.17) is 28.2 Å². The normalized spacial score (nSPS) is 11.0. The Kier molecular flexibility index (Phi) is 6.07. The van der Waals surface area contributed by atoms with E-state index in [1.54, 1.807) is 23.1 Å². The first kappa shape index (κ1) is 20.5. The quantitative estimate of drug-likeness (QED) is 0.350. The molecule has 1 heterocycles. The van der Waals surface area contributed by atoms with Gasteiger partial charge in [0.1, 0.15) is 5.82 Å². The lowest BCUT2D eigenvalue weighted by Crippen LogP contribution is -2.32. The van der Waals surface area contributed by atoms with E-state index in [9.17, 15) is 4.79 Å². The van der Waals surface area contributed by atoms with E-state index in [2.05, 4.69) is 4.57 Å². The highest BCUT2D eigenvalue weighted by Gasteiger charge is 2.22. The van der Waals surface area contributed by atoms with Crippen molar-refractivity contribution >= 4 is 40.1 Å². The van der Waals surface area contributed by atoms with Crippen molar-refractivity contribution in [2.75, 3.05) is 6.54 Å². The summed E-state index contributed by atoms with van der Waals surface area (Å²) >= 11 is 12.4. The molecule has 0 aliphatic heterocycles. The fourth-order valence-corrected chi connectivity index (χ4v) is 3.94. The number of para-hydroxylation sites is 3. The van der Waals surface area contributed by atoms with Crippen molar-refractivity contribution in [2.24, 2.45) is 0 Å². The topological polar surface area (TPSA) is 38.1 Å². The van der Waals surface area contributed by atoms with Gasteiger partial charge in [0.05, 0.1) is 28.2 Å². The van der Waals surface area contributed by atoms with Crippen LogP contribution in [0.3, 0.4) is 0 Å². The highest BCUT2D eigenvalue weighted by Crippen LogP contribution is 2.25. The fraction of sp³-hybridized carbons (Fsp3) is 0.167. The molecule has 0 saturated carbocycles. The Bertz CT molecular complexity index is 1190. The van der Waals surface area contributed by atoms with Gasteiger partial charge in [-0.05, 0) is 48.9 Å². The first-order valence-electron chi connectivity index (χ1n) is 9.84. The third kappa shape index (κ3) is 4.07. The maximum atomic E-state index is 13.3. The summed E-state index contributed by atoms with van der Waals surface area (Å²) in [5.74, 6) is 0.637. The number of imidazole rings is 1. The second kappa shape index (κ2) is 8.90. The van der Waals surface area contributed by atoms with Crippen molar-refractivity contribution in [1.82, 2.24) is 14.5 Å². The third-order valence-electron chi connectivity index (χ3n) is 4.92. The predicted molar refractivity (Wildman–Crippen MR) is 123 cm³/mol. The van der Waals surface area contributed by atoms with Crippen LogP contribution < -0.4 is 0 Å². The van der Waals surface area contributed by atoms with Crippen molar-refractivity contribution in [3.8, 4) is 5.69 Å². The number of hydrogen-bond acceptors (Lipinski definition) is 2. The first-order chi connectivity index (χ1) is 14.6. The number of aromatic nitrogens is 2. The molecule has 4 rings (SSSR count). The Morgan fingerprint density at radius 1 is 1.00 bits per heavy atom. The van der Waals surface area contributed by atoms with E-state index in [1.807, 2.05) is 61.5 Å². The van der Waals surface area contributed by atoms with Crippen molar-refractivity contribution < 1.29 is 4.79 Å². The first-order valence-corrected chi connectivity index (χ1v) is 10.6. The van der Waals surface area contributed by atoms with Gasteiger partial charge in [-0.3, -0.25) is 9.36 Å². The number of nitrogens with zero attached hydrogens (tertiary/aromatic N) is 3. The number of rotatable bonds is 6. The summed E-state index contributed by atoms with van der Waals surface area (Å²) < 4.78 is 2.10. The van der Waals surface area contributed by atoms with Crippen molar-refractivity contribution in [3.63, 3.8) is 0 Å². The van der Waals surface area contributed by atoms with E-state index in [-0.39, 0.29) is 5.91 Å². The highest BCUT2D eigenvalue weighted by atomic mass is 35.5. The van der Waals surface area contributed by atoms with Crippen LogP contribution in [0.2, 0.25) is 10.0 Å². The van der Waals surface area contributed by atoms with Gasteiger partial charge < -0.3 is 4.90 Å². The summed E-state index contributed by atoms with van der Waals surface area (Å²) in [7, 11) is 0. The largest absolute Gasteiger partial charge is 0.331 e. The van der Waals surface area contributed by atoms with Crippen molar-refractivity contribution in [3.05, 3.63) is 94.2 Å². The number of hydrogen-bond donors (Lipinski definition) is 0. The molecule has 1 amide bonds. The van der Waals surface area contributed by atoms with Crippen LogP contribution in [-0.2, 0) is 6.54 Å². The molecule has 3 aromatic carbocycles. The molecule has 0 atom stereocenters. The molecule has 4 nitrogen and oxygen atoms in total. The monoisotopic (exact) mass is 437 g/mol. The van der Waals surface area contributed by atoms with Gasteiger partial charge >= 0.3 is 0 Å². The lowest BCUT2D eigenvalue weighted by atomic mass is 10.2. The minimum Gasteiger partial charge on any atom is -0.331 e. The lowest BCUT2D eigenvalue weighted by Gasteiger charge is -2.23. The van der Waals surface area contributed by atoms with Gasteiger partial charge in [0.15, 0.2) is 0 Å². The van der Waals surface area contributed by atoms with E-state index < -0.39 is 0 Å². The van der Waals surface area contributed by atoms with Crippen LogP contribution >= 0.6 is 23.2 Å². The van der Waals surface area contributed by atoms with Gasteiger partial charge in [-0.1, -0.05) is 60.5 Å². The number of benzene rings is 3. The number of carbonyl (C=O) groups excluding carboxylic acids is 1. The Balaban J connectivity index is 1.77. The molecule has 0 N–H and O–H groups in total. The van der Waals surface area contributed by atoms with Gasteiger partial charge in [0, 0.05) is 17.3 Å². The van der Waals surface area contributed by atoms with Crippen LogP contribution in [-0.4, -0.2) is 26.9 Å². The molecule has 0 radical (unpaired) electrons. The zero-order valence-corrected chi connectivity index (χ0v) is 18.1. The van der Waals surface area contributed by atoms with Gasteiger partial charge in [-0.15, -0.1) is 0 Å². The third-order valence-corrected chi connectivity index (χ3v) is 5.48.